The number of rotatable bonds is 9. The zero-order valence-electron chi connectivity index (χ0n) is 25.0. The minimum Gasteiger partial charge on any atom is -0.286 e. The first-order valence-corrected chi connectivity index (χ1v) is 17.0. The number of quaternary nitrogens is 1. The van der Waals surface area contributed by atoms with Crippen molar-refractivity contribution in [2.24, 2.45) is 59.2 Å². The third-order valence-corrected chi connectivity index (χ3v) is 14.0. The van der Waals surface area contributed by atoms with Crippen molar-refractivity contribution in [3.63, 3.8) is 0 Å². The molecular formula is C35H60N+. The summed E-state index contributed by atoms with van der Waals surface area (Å²) in [7, 11) is 0. The van der Waals surface area contributed by atoms with Crippen molar-refractivity contribution in [3.05, 3.63) is 11.8 Å². The Balaban J connectivity index is 1.31. The lowest BCUT2D eigenvalue weighted by atomic mass is 9.42. The van der Waals surface area contributed by atoms with Crippen LogP contribution in [0.2, 0.25) is 0 Å². The third kappa shape index (κ3) is 3.78. The minimum atomic E-state index is 0.457. The van der Waals surface area contributed by atoms with E-state index in [4.69, 9.17) is 0 Å². The second kappa shape index (κ2) is 9.71. The average Bonchev–Trinajstić information content (AvgIpc) is 3.58. The van der Waals surface area contributed by atoms with Crippen molar-refractivity contribution in [1.29, 1.82) is 0 Å². The molecule has 2 bridgehead atoms. The fourth-order valence-corrected chi connectivity index (χ4v) is 11.6. The van der Waals surface area contributed by atoms with E-state index >= 15 is 0 Å². The number of fused-ring (bicyclic) bond motifs is 4. The number of allylic oxidation sites excluding steroid dienone is 2. The van der Waals surface area contributed by atoms with Crippen molar-refractivity contribution >= 4 is 0 Å². The molecule has 0 radical (unpaired) electrons. The van der Waals surface area contributed by atoms with Crippen molar-refractivity contribution in [1.82, 2.24) is 0 Å². The van der Waals surface area contributed by atoms with Crippen LogP contribution in [0.1, 0.15) is 131 Å². The topological polar surface area (TPSA) is 0 Å². The Labute approximate surface area is 224 Å². The van der Waals surface area contributed by atoms with Gasteiger partial charge < -0.3 is 0 Å². The Morgan fingerprint density at radius 3 is 2.50 bits per heavy atom. The summed E-state index contributed by atoms with van der Waals surface area (Å²) in [6.45, 7) is 17.1. The quantitative estimate of drug-likeness (QED) is 0.221. The van der Waals surface area contributed by atoms with Crippen molar-refractivity contribution in [3.8, 4) is 0 Å². The highest BCUT2D eigenvalue weighted by atomic mass is 15.5. The molecule has 0 aromatic carbocycles. The summed E-state index contributed by atoms with van der Waals surface area (Å²) in [4.78, 5) is 0. The molecule has 3 saturated heterocycles. The van der Waals surface area contributed by atoms with Gasteiger partial charge in [-0.15, -0.1) is 0 Å². The fourth-order valence-electron chi connectivity index (χ4n) is 11.6. The molecule has 36 heavy (non-hydrogen) atoms. The lowest BCUT2D eigenvalue weighted by Crippen LogP contribution is -2.76. The van der Waals surface area contributed by atoms with Crippen LogP contribution in [0.15, 0.2) is 11.8 Å². The van der Waals surface area contributed by atoms with E-state index in [1.165, 1.54) is 81.7 Å². The van der Waals surface area contributed by atoms with E-state index in [-0.39, 0.29) is 0 Å². The van der Waals surface area contributed by atoms with Gasteiger partial charge in [0.2, 0.25) is 0 Å². The summed E-state index contributed by atoms with van der Waals surface area (Å²) >= 11 is 0. The molecular weight excluding hydrogens is 434 g/mol. The summed E-state index contributed by atoms with van der Waals surface area (Å²) in [6.07, 6.45) is 23.6. The molecule has 12 unspecified atom stereocenters. The summed E-state index contributed by atoms with van der Waals surface area (Å²) in [5, 5.41) is 0. The van der Waals surface area contributed by atoms with Gasteiger partial charge in [-0.05, 0) is 81.1 Å². The minimum absolute atomic E-state index is 0.457. The van der Waals surface area contributed by atoms with Gasteiger partial charge in [0, 0.05) is 30.1 Å². The monoisotopic (exact) mass is 494 g/mol. The van der Waals surface area contributed by atoms with Crippen molar-refractivity contribution in [2.75, 3.05) is 6.54 Å². The zero-order chi connectivity index (χ0) is 25.2. The highest BCUT2D eigenvalue weighted by Gasteiger charge is 2.79. The first-order chi connectivity index (χ1) is 17.4. The molecule has 3 aliphatic carbocycles. The summed E-state index contributed by atoms with van der Waals surface area (Å²) < 4.78 is 1.51. The molecule has 204 valence electrons. The van der Waals surface area contributed by atoms with Crippen LogP contribution in [0, 0.1) is 59.2 Å². The fraction of sp³-hybridized carbons (Fsp3) is 0.943. The van der Waals surface area contributed by atoms with Gasteiger partial charge in [0.25, 0.3) is 0 Å². The van der Waals surface area contributed by atoms with Gasteiger partial charge >= 0.3 is 0 Å². The average molecular weight is 495 g/mol. The molecule has 0 aromatic rings. The Morgan fingerprint density at radius 2 is 1.72 bits per heavy atom. The zero-order valence-corrected chi connectivity index (χ0v) is 25.0. The second-order valence-electron chi connectivity index (χ2n) is 15.6. The molecule has 5 fully saturated rings. The van der Waals surface area contributed by atoms with Crippen LogP contribution in [-0.2, 0) is 0 Å². The lowest BCUT2D eigenvalue weighted by molar-refractivity contribution is -0.967. The Hall–Kier alpha value is -0.300. The summed E-state index contributed by atoms with van der Waals surface area (Å²) in [6, 6.07) is 1.01. The van der Waals surface area contributed by atoms with Crippen LogP contribution in [0.4, 0.5) is 0 Å². The van der Waals surface area contributed by atoms with Crippen LogP contribution in [0.5, 0.6) is 0 Å². The van der Waals surface area contributed by atoms with E-state index < -0.39 is 0 Å². The van der Waals surface area contributed by atoms with E-state index in [1.54, 1.807) is 19.3 Å². The van der Waals surface area contributed by atoms with Gasteiger partial charge in [0.15, 0.2) is 0 Å². The van der Waals surface area contributed by atoms with E-state index in [0.29, 0.717) is 5.54 Å². The van der Waals surface area contributed by atoms with Crippen molar-refractivity contribution < 1.29 is 4.48 Å². The number of hydrogen-bond acceptors (Lipinski definition) is 0. The Morgan fingerprint density at radius 1 is 0.944 bits per heavy atom. The normalized spacial score (nSPS) is 49.1. The first-order valence-electron chi connectivity index (χ1n) is 17.0. The standard InChI is InChI=1S/C35H60N/c1-7-9-11-14-23(3)24(4)17-26-18-29-22-36(35(6,21-26)25(5)8-2)31-20-27(31)15-12-10-13-16-28-19-30-32(28)34(36)33(29)30/h20,23-30,32-34H,7-19,21-22H2,1-6H3/q+1/t23?,24?,25-,26?,27?,28?,29?,30?,32?,33?,34?,35?,36?/m0/s1. The van der Waals surface area contributed by atoms with Crippen LogP contribution in [-0.4, -0.2) is 22.6 Å². The molecule has 1 heteroatoms. The van der Waals surface area contributed by atoms with E-state index in [2.05, 4.69) is 47.6 Å². The number of hydrogen-bond donors (Lipinski definition) is 0. The highest BCUT2D eigenvalue weighted by Crippen LogP contribution is 2.74. The van der Waals surface area contributed by atoms with Crippen molar-refractivity contribution in [2.45, 2.75) is 143 Å². The number of unbranched alkanes of at least 4 members (excludes halogenated alkanes) is 2. The van der Waals surface area contributed by atoms with E-state index in [1.807, 2.05) is 5.70 Å². The maximum Gasteiger partial charge on any atom is 0.113 e. The molecule has 0 amide bonds. The molecule has 1 nitrogen and oxygen atoms in total. The van der Waals surface area contributed by atoms with Gasteiger partial charge in [0.05, 0.1) is 12.5 Å². The lowest BCUT2D eigenvalue weighted by Gasteiger charge is -2.68. The van der Waals surface area contributed by atoms with Gasteiger partial charge in [-0.1, -0.05) is 79.6 Å². The molecule has 1 spiro atoms. The van der Waals surface area contributed by atoms with Crippen LogP contribution >= 0.6 is 0 Å². The van der Waals surface area contributed by atoms with Crippen LogP contribution in [0.25, 0.3) is 0 Å². The second-order valence-corrected chi connectivity index (χ2v) is 15.6. The molecule has 6 aliphatic rings. The summed E-state index contributed by atoms with van der Waals surface area (Å²) in [5.41, 5.74) is 2.43. The van der Waals surface area contributed by atoms with Gasteiger partial charge in [0.1, 0.15) is 17.3 Å². The molecule has 3 aliphatic heterocycles. The number of nitrogens with zero attached hydrogens (tertiary/aromatic N) is 1. The largest absolute Gasteiger partial charge is 0.286 e. The van der Waals surface area contributed by atoms with Gasteiger partial charge in [-0.25, -0.2) is 0 Å². The SMILES string of the molecule is CCCCCC(C)C(C)CC1CC2C[N+]3(C4=CC4CCCCCC4CC5C4C3C25)C(C)([C@@H](C)CC)C1. The maximum atomic E-state index is 2.84. The smallest absolute Gasteiger partial charge is 0.113 e. The predicted octanol–water partition coefficient (Wildman–Crippen LogP) is 9.62. The molecule has 2 saturated carbocycles. The predicted molar refractivity (Wildman–Crippen MR) is 153 cm³/mol. The Bertz CT molecular complexity index is 828. The molecule has 3 heterocycles. The molecule has 6 rings (SSSR count). The van der Waals surface area contributed by atoms with Gasteiger partial charge in [-0.3, -0.25) is 4.48 Å². The highest BCUT2D eigenvalue weighted by molar-refractivity contribution is 5.29. The van der Waals surface area contributed by atoms with E-state index in [9.17, 15) is 0 Å². The molecule has 13 atom stereocenters. The third-order valence-electron chi connectivity index (χ3n) is 14.0. The summed E-state index contributed by atoms with van der Waals surface area (Å²) in [5.74, 6) is 9.88. The Kier molecular flexibility index (Phi) is 7.00. The van der Waals surface area contributed by atoms with Crippen LogP contribution < -0.4 is 0 Å². The first kappa shape index (κ1) is 26.0. The van der Waals surface area contributed by atoms with Crippen LogP contribution in [0.3, 0.4) is 0 Å². The molecule has 0 aromatic heterocycles. The maximum absolute atomic E-state index is 2.84. The van der Waals surface area contributed by atoms with E-state index in [0.717, 1.165) is 65.2 Å². The molecule has 0 N–H and O–H groups in total. The van der Waals surface area contributed by atoms with Gasteiger partial charge in [-0.2, -0.15) is 0 Å².